The summed E-state index contributed by atoms with van der Waals surface area (Å²) in [6.07, 6.45) is 3.06. The van der Waals surface area contributed by atoms with E-state index < -0.39 is 5.97 Å². The largest absolute Gasteiger partial charge is 0.478 e. The van der Waals surface area contributed by atoms with E-state index in [9.17, 15) is 14.7 Å². The second kappa shape index (κ2) is 9.82. The molecule has 1 amide bonds. The molecule has 1 aromatic heterocycles. The van der Waals surface area contributed by atoms with Crippen LogP contribution < -0.4 is 15.4 Å². The molecule has 1 aliphatic rings. The molecular weight excluding hydrogens is 432 g/mol. The molecule has 3 aromatic rings. The Bertz CT molecular complexity index is 1170. The Morgan fingerprint density at radius 1 is 1.03 bits per heavy atom. The van der Waals surface area contributed by atoms with E-state index in [1.807, 2.05) is 26.2 Å². The number of benzene rings is 2. The fourth-order valence-electron chi connectivity index (χ4n) is 3.97. The number of amides is 1. The van der Waals surface area contributed by atoms with Crippen LogP contribution in [0.4, 0.5) is 11.4 Å². The smallest absolute Gasteiger partial charge is 0.335 e. The zero-order valence-electron chi connectivity index (χ0n) is 19.3. The lowest BCUT2D eigenvalue weighted by Gasteiger charge is -2.32. The number of nitrogens with zero attached hydrogens (tertiary/aromatic N) is 3. The van der Waals surface area contributed by atoms with Crippen molar-refractivity contribution in [1.29, 1.82) is 0 Å². The molecule has 0 spiro atoms. The number of piperidine rings is 1. The number of carbonyl (C=O) groups is 2. The van der Waals surface area contributed by atoms with Crippen molar-refractivity contribution in [2.75, 3.05) is 37.8 Å². The maximum Gasteiger partial charge on any atom is 0.335 e. The van der Waals surface area contributed by atoms with E-state index in [0.29, 0.717) is 31.8 Å². The summed E-state index contributed by atoms with van der Waals surface area (Å²) in [7, 11) is 4.02. The van der Waals surface area contributed by atoms with Crippen molar-refractivity contribution in [2.24, 2.45) is 0 Å². The Morgan fingerprint density at radius 3 is 2.29 bits per heavy atom. The molecule has 2 aromatic carbocycles. The van der Waals surface area contributed by atoms with Gasteiger partial charge in [-0.1, -0.05) is 12.1 Å². The zero-order chi connectivity index (χ0) is 24.2. The molecule has 2 heterocycles. The fraction of sp³-hybridized carbons (Fsp3) is 0.269. The Labute approximate surface area is 198 Å². The van der Waals surface area contributed by atoms with Gasteiger partial charge in [-0.05, 0) is 42.0 Å². The van der Waals surface area contributed by atoms with Crippen molar-refractivity contribution >= 4 is 23.3 Å². The number of carboxylic acid groups (broad SMARTS) is 1. The summed E-state index contributed by atoms with van der Waals surface area (Å²) in [6, 6.07) is 16.3. The number of carboxylic acids is 1. The van der Waals surface area contributed by atoms with Gasteiger partial charge in [0.25, 0.3) is 5.91 Å². The third kappa shape index (κ3) is 5.11. The molecule has 0 atom stereocenters. The molecular formula is C26H28N4O4. The summed E-state index contributed by atoms with van der Waals surface area (Å²) in [5.74, 6) is -0.802. The first-order valence-electron chi connectivity index (χ1n) is 11.1. The lowest BCUT2D eigenvalue weighted by Crippen LogP contribution is -2.42. The normalized spacial score (nSPS) is 14.0. The summed E-state index contributed by atoms with van der Waals surface area (Å²) in [4.78, 5) is 32.3. The van der Waals surface area contributed by atoms with Crippen molar-refractivity contribution < 1.29 is 19.4 Å². The van der Waals surface area contributed by atoms with Crippen molar-refractivity contribution in [3.63, 3.8) is 0 Å². The Morgan fingerprint density at radius 2 is 1.71 bits per heavy atom. The van der Waals surface area contributed by atoms with Gasteiger partial charge in [-0.2, -0.15) is 0 Å². The Kier molecular flexibility index (Phi) is 6.67. The van der Waals surface area contributed by atoms with Crippen LogP contribution in [0.15, 0.2) is 60.8 Å². The zero-order valence-corrected chi connectivity index (χ0v) is 19.3. The third-order valence-corrected chi connectivity index (χ3v) is 6.00. The second-order valence-corrected chi connectivity index (χ2v) is 8.54. The highest BCUT2D eigenvalue weighted by molar-refractivity contribution is 6.01. The van der Waals surface area contributed by atoms with Gasteiger partial charge in [0.15, 0.2) is 0 Å². The van der Waals surface area contributed by atoms with Gasteiger partial charge in [-0.3, -0.25) is 4.79 Å². The van der Waals surface area contributed by atoms with Crippen LogP contribution in [-0.2, 0) is 0 Å². The molecule has 8 nitrogen and oxygen atoms in total. The first-order valence-corrected chi connectivity index (χ1v) is 11.1. The quantitative estimate of drug-likeness (QED) is 0.539. The van der Waals surface area contributed by atoms with Crippen LogP contribution in [0, 0.1) is 0 Å². The number of pyridine rings is 1. The SMILES string of the molecule is CN(C)c1ccc(-c2ccc(OC3CCN(C(=O)c4cc(C(=O)O)ccc4N)CC3)nc2)cc1. The van der Waals surface area contributed by atoms with Gasteiger partial charge in [0, 0.05) is 69.2 Å². The molecule has 1 aliphatic heterocycles. The third-order valence-electron chi connectivity index (χ3n) is 6.00. The van der Waals surface area contributed by atoms with E-state index in [1.54, 1.807) is 11.1 Å². The molecule has 3 N–H and O–H groups in total. The van der Waals surface area contributed by atoms with E-state index >= 15 is 0 Å². The van der Waals surface area contributed by atoms with E-state index in [2.05, 4.69) is 34.1 Å². The predicted octanol–water partition coefficient (Wildman–Crippen LogP) is 3.78. The van der Waals surface area contributed by atoms with Gasteiger partial charge >= 0.3 is 5.97 Å². The molecule has 34 heavy (non-hydrogen) atoms. The van der Waals surface area contributed by atoms with E-state index in [4.69, 9.17) is 10.5 Å². The molecule has 0 saturated carbocycles. The first kappa shape index (κ1) is 23.1. The topological polar surface area (TPSA) is 109 Å². The van der Waals surface area contributed by atoms with Gasteiger partial charge in [0.05, 0.1) is 11.1 Å². The standard InChI is InChI=1S/C26H28N4O4/c1-29(2)20-7-3-17(4-8-20)19-6-10-24(28-16-19)34-21-11-13-30(14-12-21)25(31)22-15-18(26(32)33)5-9-23(22)27/h3-10,15-16,21H,11-14,27H2,1-2H3,(H,32,33). The highest BCUT2D eigenvalue weighted by Crippen LogP contribution is 2.25. The average molecular weight is 461 g/mol. The summed E-state index contributed by atoms with van der Waals surface area (Å²) in [6.45, 7) is 0.993. The lowest BCUT2D eigenvalue weighted by atomic mass is 10.0. The summed E-state index contributed by atoms with van der Waals surface area (Å²) >= 11 is 0. The van der Waals surface area contributed by atoms with Crippen molar-refractivity contribution in [2.45, 2.75) is 18.9 Å². The number of aromatic carboxylic acids is 1. The van der Waals surface area contributed by atoms with Gasteiger partial charge in [-0.25, -0.2) is 9.78 Å². The number of likely N-dealkylation sites (tertiary alicyclic amines) is 1. The fourth-order valence-corrected chi connectivity index (χ4v) is 3.97. The van der Waals surface area contributed by atoms with Crippen molar-refractivity contribution in [3.8, 4) is 17.0 Å². The monoisotopic (exact) mass is 460 g/mol. The van der Waals surface area contributed by atoms with Crippen molar-refractivity contribution in [1.82, 2.24) is 9.88 Å². The number of anilines is 2. The number of carbonyl (C=O) groups excluding carboxylic acids is 1. The van der Waals surface area contributed by atoms with Crippen LogP contribution in [-0.4, -0.2) is 60.2 Å². The number of nitrogen functional groups attached to an aromatic ring is 1. The van der Waals surface area contributed by atoms with Gasteiger partial charge in [0.2, 0.25) is 5.88 Å². The number of hydrogen-bond acceptors (Lipinski definition) is 6. The number of aromatic nitrogens is 1. The Hall–Kier alpha value is -4.07. The number of nitrogens with two attached hydrogens (primary N) is 1. The first-order chi connectivity index (χ1) is 16.3. The summed E-state index contributed by atoms with van der Waals surface area (Å²) < 4.78 is 6.05. The van der Waals surface area contributed by atoms with Crippen LogP contribution in [0.2, 0.25) is 0 Å². The maximum atomic E-state index is 12.9. The minimum absolute atomic E-state index is 0.0407. The molecule has 0 bridgehead atoms. The van der Waals surface area contributed by atoms with Crippen LogP contribution in [0.1, 0.15) is 33.6 Å². The van der Waals surface area contributed by atoms with E-state index in [-0.39, 0.29) is 28.8 Å². The minimum atomic E-state index is -1.09. The number of hydrogen-bond donors (Lipinski definition) is 2. The molecule has 8 heteroatoms. The molecule has 0 unspecified atom stereocenters. The molecule has 1 saturated heterocycles. The van der Waals surface area contributed by atoms with Crippen LogP contribution in [0.25, 0.3) is 11.1 Å². The van der Waals surface area contributed by atoms with Gasteiger partial charge in [0.1, 0.15) is 6.10 Å². The van der Waals surface area contributed by atoms with Crippen LogP contribution >= 0.6 is 0 Å². The van der Waals surface area contributed by atoms with Gasteiger partial charge < -0.3 is 25.4 Å². The molecule has 4 rings (SSSR count). The molecule has 0 radical (unpaired) electrons. The highest BCUT2D eigenvalue weighted by Gasteiger charge is 2.26. The maximum absolute atomic E-state index is 12.9. The molecule has 0 aliphatic carbocycles. The van der Waals surface area contributed by atoms with Crippen molar-refractivity contribution in [3.05, 3.63) is 71.9 Å². The van der Waals surface area contributed by atoms with Crippen LogP contribution in [0.5, 0.6) is 5.88 Å². The second-order valence-electron chi connectivity index (χ2n) is 8.54. The number of ether oxygens (including phenoxy) is 1. The molecule has 176 valence electrons. The van der Waals surface area contributed by atoms with Crippen LogP contribution in [0.3, 0.4) is 0 Å². The van der Waals surface area contributed by atoms with E-state index in [0.717, 1.165) is 16.8 Å². The summed E-state index contributed by atoms with van der Waals surface area (Å²) in [5.41, 5.74) is 9.69. The predicted molar refractivity (Wildman–Crippen MR) is 131 cm³/mol. The lowest BCUT2D eigenvalue weighted by molar-refractivity contribution is 0.0589. The highest BCUT2D eigenvalue weighted by atomic mass is 16.5. The summed E-state index contributed by atoms with van der Waals surface area (Å²) in [5, 5.41) is 9.19. The van der Waals surface area contributed by atoms with E-state index in [1.165, 1.54) is 18.2 Å². The number of rotatable bonds is 6. The molecule has 1 fully saturated rings. The minimum Gasteiger partial charge on any atom is -0.478 e. The Balaban J connectivity index is 1.34. The van der Waals surface area contributed by atoms with Gasteiger partial charge in [-0.15, -0.1) is 0 Å². The average Bonchev–Trinajstić information content (AvgIpc) is 2.85.